The smallest absolute Gasteiger partial charge is 0.262 e. The van der Waals surface area contributed by atoms with Crippen LogP contribution >= 0.6 is 23.4 Å². The van der Waals surface area contributed by atoms with E-state index in [2.05, 4.69) is 15.0 Å². The van der Waals surface area contributed by atoms with Crippen LogP contribution in [0.3, 0.4) is 0 Å². The first-order valence-electron chi connectivity index (χ1n) is 9.45. The van der Waals surface area contributed by atoms with Crippen LogP contribution in [0.5, 0.6) is 0 Å². The number of amides is 1. The maximum atomic E-state index is 12.7. The number of carbonyl (C=O) groups excluding carboxylic acids is 1. The Labute approximate surface area is 193 Å². The molecule has 0 bridgehead atoms. The Bertz CT molecular complexity index is 1350. The minimum Gasteiger partial charge on any atom is -0.467 e. The summed E-state index contributed by atoms with van der Waals surface area (Å²) in [6.45, 7) is 1.82. The number of thioether (sulfide) groups is 1. The van der Waals surface area contributed by atoms with Crippen LogP contribution in [0.15, 0.2) is 79.8 Å². The number of benzene rings is 2. The van der Waals surface area contributed by atoms with Gasteiger partial charge in [-0.3, -0.25) is 9.52 Å². The summed E-state index contributed by atoms with van der Waals surface area (Å²) in [7, 11) is -3.87. The Balaban J connectivity index is 1.43. The molecule has 1 atom stereocenters. The molecule has 0 aliphatic rings. The third-order valence-corrected chi connectivity index (χ3v) is 6.96. The number of fused-ring (bicyclic) bond motifs is 1. The van der Waals surface area contributed by atoms with Crippen molar-refractivity contribution in [2.24, 2.45) is 0 Å². The van der Waals surface area contributed by atoms with E-state index in [1.165, 1.54) is 18.2 Å². The van der Waals surface area contributed by atoms with Crippen molar-refractivity contribution in [3.8, 4) is 0 Å². The zero-order valence-electron chi connectivity index (χ0n) is 16.7. The summed E-state index contributed by atoms with van der Waals surface area (Å²) in [6, 6.07) is 14.2. The molecule has 32 heavy (non-hydrogen) atoms. The number of nitrogens with zero attached hydrogens (tertiary/aromatic N) is 1. The molecule has 2 aromatic heterocycles. The van der Waals surface area contributed by atoms with Gasteiger partial charge < -0.3 is 14.2 Å². The fourth-order valence-electron chi connectivity index (χ4n) is 2.88. The molecular weight excluding hydrogens is 474 g/mol. The molecule has 0 radical (unpaired) electrons. The predicted molar refractivity (Wildman–Crippen MR) is 122 cm³/mol. The van der Waals surface area contributed by atoms with E-state index in [9.17, 15) is 13.2 Å². The summed E-state index contributed by atoms with van der Waals surface area (Å²) in [5.74, 6) is 0.523. The Morgan fingerprint density at radius 2 is 2.00 bits per heavy atom. The van der Waals surface area contributed by atoms with Gasteiger partial charge >= 0.3 is 0 Å². The first kappa shape index (κ1) is 22.3. The van der Waals surface area contributed by atoms with E-state index in [0.717, 1.165) is 11.8 Å². The third-order valence-electron chi connectivity index (χ3n) is 4.44. The number of furan rings is 1. The van der Waals surface area contributed by atoms with Crippen molar-refractivity contribution in [1.82, 2.24) is 10.3 Å². The number of rotatable bonds is 8. The number of carbonyl (C=O) groups is 1. The summed E-state index contributed by atoms with van der Waals surface area (Å²) >= 11 is 7.15. The van der Waals surface area contributed by atoms with Gasteiger partial charge in [0, 0.05) is 0 Å². The molecule has 0 saturated carbocycles. The van der Waals surface area contributed by atoms with E-state index in [1.807, 2.05) is 6.92 Å². The summed E-state index contributed by atoms with van der Waals surface area (Å²) < 4.78 is 38.8. The second-order valence-corrected chi connectivity index (χ2v) is 9.80. The number of anilines is 1. The van der Waals surface area contributed by atoms with Crippen LogP contribution in [0, 0.1) is 0 Å². The van der Waals surface area contributed by atoms with E-state index in [-0.39, 0.29) is 38.5 Å². The van der Waals surface area contributed by atoms with Crippen molar-refractivity contribution in [1.29, 1.82) is 0 Å². The summed E-state index contributed by atoms with van der Waals surface area (Å²) in [5, 5.41) is 3.37. The zero-order chi connectivity index (χ0) is 22.7. The highest BCUT2D eigenvalue weighted by atomic mass is 35.5. The van der Waals surface area contributed by atoms with Gasteiger partial charge in [0.05, 0.1) is 33.7 Å². The van der Waals surface area contributed by atoms with Gasteiger partial charge in [-0.25, -0.2) is 13.4 Å². The quantitative estimate of drug-likeness (QED) is 0.339. The molecule has 4 rings (SSSR count). The predicted octanol–water partition coefficient (Wildman–Crippen LogP) is 4.84. The van der Waals surface area contributed by atoms with Gasteiger partial charge in [-0.05, 0) is 49.4 Å². The standard InChI is InChI=1S/C21H18ClN3O5S2/c1-13(18-7-4-10-29-18)23-20(26)12-31-21-24-17-11-14(8-9-19(17)30-21)32(27,28)25-16-6-3-2-5-15(16)22/h2-11,13,25H,12H2,1H3,(H,23,26)/t13-/m1/s1. The van der Waals surface area contributed by atoms with Crippen LogP contribution in [-0.2, 0) is 14.8 Å². The monoisotopic (exact) mass is 491 g/mol. The lowest BCUT2D eigenvalue weighted by atomic mass is 10.2. The maximum Gasteiger partial charge on any atom is 0.262 e. The number of sulfonamides is 1. The van der Waals surface area contributed by atoms with Gasteiger partial charge in [0.25, 0.3) is 15.2 Å². The van der Waals surface area contributed by atoms with Crippen LogP contribution in [0.25, 0.3) is 11.1 Å². The highest BCUT2D eigenvalue weighted by molar-refractivity contribution is 7.99. The number of hydrogen-bond donors (Lipinski definition) is 2. The average Bonchev–Trinajstić information content (AvgIpc) is 3.43. The van der Waals surface area contributed by atoms with E-state index in [1.54, 1.807) is 42.7 Å². The van der Waals surface area contributed by atoms with Gasteiger partial charge in [-0.2, -0.15) is 0 Å². The Hall–Kier alpha value is -2.95. The van der Waals surface area contributed by atoms with E-state index in [0.29, 0.717) is 16.9 Å². The van der Waals surface area contributed by atoms with Gasteiger partial charge in [0.1, 0.15) is 11.3 Å². The van der Waals surface area contributed by atoms with Crippen LogP contribution in [0.1, 0.15) is 18.7 Å². The SMILES string of the molecule is C[C@@H](NC(=O)CSc1nc2cc(S(=O)(=O)Nc3ccccc3Cl)ccc2o1)c1ccco1. The van der Waals surface area contributed by atoms with Crippen molar-refractivity contribution in [3.05, 3.63) is 71.6 Å². The maximum absolute atomic E-state index is 12.7. The first-order valence-corrected chi connectivity index (χ1v) is 12.3. The Morgan fingerprint density at radius 3 is 2.75 bits per heavy atom. The molecule has 0 unspecified atom stereocenters. The number of nitrogens with one attached hydrogen (secondary N) is 2. The van der Waals surface area contributed by atoms with Crippen molar-refractivity contribution < 1.29 is 22.0 Å². The van der Waals surface area contributed by atoms with Gasteiger partial charge in [-0.1, -0.05) is 35.5 Å². The van der Waals surface area contributed by atoms with Crippen LogP contribution in [-0.4, -0.2) is 25.1 Å². The van der Waals surface area contributed by atoms with Crippen molar-refractivity contribution in [2.45, 2.75) is 23.1 Å². The Kier molecular flexibility index (Phi) is 6.45. The fourth-order valence-corrected chi connectivity index (χ4v) is 4.87. The van der Waals surface area contributed by atoms with Crippen LogP contribution in [0.4, 0.5) is 5.69 Å². The number of oxazole rings is 1. The Morgan fingerprint density at radius 1 is 1.19 bits per heavy atom. The van der Waals surface area contributed by atoms with Crippen LogP contribution < -0.4 is 10.0 Å². The minimum atomic E-state index is -3.87. The highest BCUT2D eigenvalue weighted by Crippen LogP contribution is 2.28. The molecule has 2 heterocycles. The van der Waals surface area contributed by atoms with Gasteiger partial charge in [0.2, 0.25) is 5.91 Å². The average molecular weight is 492 g/mol. The molecule has 2 aromatic carbocycles. The fraction of sp³-hybridized carbons (Fsp3) is 0.143. The zero-order valence-corrected chi connectivity index (χ0v) is 19.1. The van der Waals surface area contributed by atoms with E-state index < -0.39 is 10.0 Å². The number of halogens is 1. The number of para-hydroxylation sites is 1. The number of hydrogen-bond acceptors (Lipinski definition) is 7. The summed E-state index contributed by atoms with van der Waals surface area (Å²) in [6.07, 6.45) is 1.55. The topological polar surface area (TPSA) is 114 Å². The minimum absolute atomic E-state index is 0.0137. The van der Waals surface area contributed by atoms with Gasteiger partial charge in [0.15, 0.2) is 5.58 Å². The molecule has 1 amide bonds. The highest BCUT2D eigenvalue weighted by Gasteiger charge is 2.19. The lowest BCUT2D eigenvalue weighted by Crippen LogP contribution is -2.27. The molecule has 8 nitrogen and oxygen atoms in total. The molecule has 0 aliphatic carbocycles. The third kappa shape index (κ3) is 5.09. The molecule has 0 spiro atoms. The largest absolute Gasteiger partial charge is 0.467 e. The van der Waals surface area contributed by atoms with Crippen molar-refractivity contribution in [2.75, 3.05) is 10.5 Å². The molecule has 11 heteroatoms. The summed E-state index contributed by atoms with van der Waals surface area (Å²) in [5.41, 5.74) is 1.05. The molecule has 0 aliphatic heterocycles. The second-order valence-electron chi connectivity index (χ2n) is 6.79. The van der Waals surface area contributed by atoms with Crippen molar-refractivity contribution in [3.63, 3.8) is 0 Å². The molecule has 166 valence electrons. The normalized spacial score (nSPS) is 12.6. The first-order chi connectivity index (χ1) is 15.3. The number of aromatic nitrogens is 1. The lowest BCUT2D eigenvalue weighted by Gasteiger charge is -2.10. The van der Waals surface area contributed by atoms with E-state index in [4.69, 9.17) is 20.4 Å². The van der Waals surface area contributed by atoms with Crippen LogP contribution in [0.2, 0.25) is 5.02 Å². The van der Waals surface area contributed by atoms with Crippen molar-refractivity contribution >= 4 is 56.1 Å². The molecule has 4 aromatic rings. The molecule has 2 N–H and O–H groups in total. The molecule has 0 saturated heterocycles. The molecular formula is C21H18ClN3O5S2. The summed E-state index contributed by atoms with van der Waals surface area (Å²) in [4.78, 5) is 16.5. The second kappa shape index (κ2) is 9.27. The van der Waals surface area contributed by atoms with Gasteiger partial charge in [-0.15, -0.1) is 0 Å². The molecule has 0 fully saturated rings. The lowest BCUT2D eigenvalue weighted by molar-refractivity contribution is -0.119. The van der Waals surface area contributed by atoms with E-state index >= 15 is 0 Å².